The lowest BCUT2D eigenvalue weighted by atomic mass is 10.1. The molecule has 1 aliphatic rings. The van der Waals surface area contributed by atoms with Crippen LogP contribution < -0.4 is 5.73 Å². The largest absolute Gasteiger partial charge is 0.397 e. The molecule has 0 aliphatic carbocycles. The van der Waals surface area contributed by atoms with Crippen LogP contribution in [-0.2, 0) is 10.0 Å². The smallest absolute Gasteiger partial charge is 0.243 e. The van der Waals surface area contributed by atoms with Gasteiger partial charge in [-0.05, 0) is 37.0 Å². The zero-order chi connectivity index (χ0) is 14.2. The van der Waals surface area contributed by atoms with Gasteiger partial charge >= 0.3 is 0 Å². The Hall–Kier alpha value is -0.780. The lowest BCUT2D eigenvalue weighted by Gasteiger charge is -2.18. The molecule has 19 heavy (non-hydrogen) atoms. The van der Waals surface area contributed by atoms with Crippen LogP contribution in [-0.4, -0.2) is 25.8 Å². The molecule has 1 aromatic carbocycles. The molecule has 0 saturated carbocycles. The summed E-state index contributed by atoms with van der Waals surface area (Å²) in [6, 6.07) is 3.07. The van der Waals surface area contributed by atoms with Crippen LogP contribution in [0.25, 0.3) is 0 Å². The summed E-state index contributed by atoms with van der Waals surface area (Å²) in [5, 5.41) is 0.393. The van der Waals surface area contributed by atoms with Gasteiger partial charge in [0.15, 0.2) is 0 Å². The first-order valence-electron chi connectivity index (χ1n) is 6.42. The van der Waals surface area contributed by atoms with Gasteiger partial charge in [-0.25, -0.2) is 8.42 Å². The molecule has 2 N–H and O–H groups in total. The molecule has 1 saturated heterocycles. The highest BCUT2D eigenvalue weighted by atomic mass is 35.5. The molecular formula is C13H19ClN2O2S. The SMILES string of the molecule is CCC1CCN(S(=O)(=O)c2cc(N)c(Cl)cc2C)C1. The van der Waals surface area contributed by atoms with Crippen LogP contribution in [0.2, 0.25) is 5.02 Å². The van der Waals surface area contributed by atoms with Crippen molar-refractivity contribution in [1.29, 1.82) is 0 Å². The van der Waals surface area contributed by atoms with Crippen molar-refractivity contribution >= 4 is 27.3 Å². The van der Waals surface area contributed by atoms with E-state index in [2.05, 4.69) is 6.92 Å². The molecule has 0 amide bonds. The first-order chi connectivity index (χ1) is 8.86. The van der Waals surface area contributed by atoms with Crippen LogP contribution in [0.1, 0.15) is 25.3 Å². The number of nitrogens with zero attached hydrogens (tertiary/aromatic N) is 1. The minimum absolute atomic E-state index is 0.270. The van der Waals surface area contributed by atoms with E-state index >= 15 is 0 Å². The third kappa shape index (κ3) is 2.73. The van der Waals surface area contributed by atoms with Gasteiger partial charge in [0.1, 0.15) is 0 Å². The van der Waals surface area contributed by atoms with Crippen LogP contribution >= 0.6 is 11.6 Å². The number of hydrogen-bond donors (Lipinski definition) is 1. The maximum Gasteiger partial charge on any atom is 0.243 e. The summed E-state index contributed by atoms with van der Waals surface area (Å²) in [5.74, 6) is 0.458. The summed E-state index contributed by atoms with van der Waals surface area (Å²) >= 11 is 5.91. The lowest BCUT2D eigenvalue weighted by molar-refractivity contribution is 0.452. The average Bonchev–Trinajstić information content (AvgIpc) is 2.83. The highest BCUT2D eigenvalue weighted by Crippen LogP contribution is 2.31. The van der Waals surface area contributed by atoms with Crippen molar-refractivity contribution < 1.29 is 8.42 Å². The van der Waals surface area contributed by atoms with Crippen molar-refractivity contribution in [3.8, 4) is 0 Å². The third-order valence-electron chi connectivity index (χ3n) is 3.74. The van der Waals surface area contributed by atoms with Gasteiger partial charge in [0.05, 0.1) is 15.6 Å². The maximum atomic E-state index is 12.6. The summed E-state index contributed by atoms with van der Waals surface area (Å²) in [5.41, 5.74) is 6.66. The second-order valence-corrected chi connectivity index (χ2v) is 7.38. The Morgan fingerprint density at radius 1 is 1.47 bits per heavy atom. The van der Waals surface area contributed by atoms with E-state index in [-0.39, 0.29) is 4.90 Å². The maximum absolute atomic E-state index is 12.6. The summed E-state index contributed by atoms with van der Waals surface area (Å²) in [7, 11) is -3.46. The molecular weight excluding hydrogens is 284 g/mol. The first kappa shape index (κ1) is 14.6. The molecule has 0 radical (unpaired) electrons. The minimum atomic E-state index is -3.46. The van der Waals surface area contributed by atoms with Crippen molar-refractivity contribution in [2.75, 3.05) is 18.8 Å². The number of nitrogens with two attached hydrogens (primary N) is 1. The zero-order valence-electron chi connectivity index (χ0n) is 11.2. The van der Waals surface area contributed by atoms with Crippen molar-refractivity contribution in [2.45, 2.75) is 31.6 Å². The molecule has 1 fully saturated rings. The van der Waals surface area contributed by atoms with Crippen LogP contribution in [0, 0.1) is 12.8 Å². The van der Waals surface area contributed by atoms with Crippen LogP contribution in [0.5, 0.6) is 0 Å². The Kier molecular flexibility index (Phi) is 4.08. The molecule has 1 aromatic rings. The van der Waals surface area contributed by atoms with Crippen molar-refractivity contribution in [3.05, 3.63) is 22.7 Å². The standard InChI is InChI=1S/C13H19ClN2O2S/c1-3-10-4-5-16(8-10)19(17,18)13-7-12(15)11(14)6-9(13)2/h6-7,10H,3-5,8,15H2,1-2H3. The summed E-state index contributed by atoms with van der Waals surface area (Å²) in [4.78, 5) is 0.270. The van der Waals surface area contributed by atoms with Gasteiger partial charge in [-0.15, -0.1) is 0 Å². The number of anilines is 1. The van der Waals surface area contributed by atoms with Gasteiger partial charge in [0, 0.05) is 13.1 Å². The molecule has 0 aromatic heterocycles. The monoisotopic (exact) mass is 302 g/mol. The predicted octanol–water partition coefficient (Wildman–Crippen LogP) is 2.65. The predicted molar refractivity (Wildman–Crippen MR) is 77.8 cm³/mol. The molecule has 1 aliphatic heterocycles. The first-order valence-corrected chi connectivity index (χ1v) is 8.23. The Labute approximate surface area is 119 Å². The highest BCUT2D eigenvalue weighted by Gasteiger charge is 2.32. The Bertz CT molecular complexity index is 587. The summed E-state index contributed by atoms with van der Waals surface area (Å²) in [6.07, 6.45) is 1.94. The highest BCUT2D eigenvalue weighted by molar-refractivity contribution is 7.89. The minimum Gasteiger partial charge on any atom is -0.397 e. The number of sulfonamides is 1. The summed E-state index contributed by atoms with van der Waals surface area (Å²) < 4.78 is 26.8. The molecule has 2 rings (SSSR count). The van der Waals surface area contributed by atoms with Crippen LogP contribution in [0.4, 0.5) is 5.69 Å². The second-order valence-electron chi connectivity index (χ2n) is 5.07. The average molecular weight is 303 g/mol. The van der Waals surface area contributed by atoms with E-state index in [1.807, 2.05) is 0 Å². The van der Waals surface area contributed by atoms with E-state index in [9.17, 15) is 8.42 Å². The molecule has 106 valence electrons. The molecule has 1 unspecified atom stereocenters. The number of benzene rings is 1. The number of hydrogen-bond acceptors (Lipinski definition) is 3. The van der Waals surface area contributed by atoms with E-state index in [1.165, 1.54) is 6.07 Å². The van der Waals surface area contributed by atoms with Crippen LogP contribution in [0.15, 0.2) is 17.0 Å². The van der Waals surface area contributed by atoms with Crippen molar-refractivity contribution in [1.82, 2.24) is 4.31 Å². The Balaban J connectivity index is 2.38. The molecule has 1 atom stereocenters. The van der Waals surface area contributed by atoms with Gasteiger partial charge in [-0.2, -0.15) is 4.31 Å². The fourth-order valence-corrected chi connectivity index (χ4v) is 4.43. The number of nitrogen functional groups attached to an aromatic ring is 1. The molecule has 1 heterocycles. The lowest BCUT2D eigenvalue weighted by Crippen LogP contribution is -2.29. The van der Waals surface area contributed by atoms with E-state index in [0.717, 1.165) is 12.8 Å². The topological polar surface area (TPSA) is 63.4 Å². The normalized spacial score (nSPS) is 20.9. The second kappa shape index (κ2) is 5.31. The molecule has 0 bridgehead atoms. The van der Waals surface area contributed by atoms with E-state index in [0.29, 0.717) is 35.3 Å². The zero-order valence-corrected chi connectivity index (χ0v) is 12.8. The van der Waals surface area contributed by atoms with Gasteiger partial charge in [0.25, 0.3) is 0 Å². The molecule has 6 heteroatoms. The Morgan fingerprint density at radius 2 is 2.16 bits per heavy atom. The molecule has 0 spiro atoms. The van der Waals surface area contributed by atoms with Crippen molar-refractivity contribution in [2.24, 2.45) is 5.92 Å². The van der Waals surface area contributed by atoms with Gasteiger partial charge in [-0.1, -0.05) is 24.9 Å². The van der Waals surface area contributed by atoms with E-state index < -0.39 is 10.0 Å². The molecule has 4 nitrogen and oxygen atoms in total. The van der Waals surface area contributed by atoms with Gasteiger partial charge < -0.3 is 5.73 Å². The fourth-order valence-electron chi connectivity index (χ4n) is 2.43. The van der Waals surface area contributed by atoms with Gasteiger partial charge in [0.2, 0.25) is 10.0 Å². The van der Waals surface area contributed by atoms with Crippen LogP contribution in [0.3, 0.4) is 0 Å². The quantitative estimate of drug-likeness (QED) is 0.873. The van der Waals surface area contributed by atoms with E-state index in [1.54, 1.807) is 17.3 Å². The fraction of sp³-hybridized carbons (Fsp3) is 0.538. The number of aryl methyl sites for hydroxylation is 1. The number of rotatable bonds is 3. The Morgan fingerprint density at radius 3 is 2.74 bits per heavy atom. The van der Waals surface area contributed by atoms with Crippen molar-refractivity contribution in [3.63, 3.8) is 0 Å². The van der Waals surface area contributed by atoms with E-state index in [4.69, 9.17) is 17.3 Å². The summed E-state index contributed by atoms with van der Waals surface area (Å²) in [6.45, 7) is 5.02. The van der Waals surface area contributed by atoms with Gasteiger partial charge in [-0.3, -0.25) is 0 Å². The number of halogens is 1. The third-order valence-corrected chi connectivity index (χ3v) is 6.07.